The first-order valence-electron chi connectivity index (χ1n) is 9.38. The number of amides is 1. The number of carboxylic acids is 1. The second-order valence-corrected chi connectivity index (χ2v) is 8.45. The Labute approximate surface area is 179 Å². The Morgan fingerprint density at radius 1 is 1.28 bits per heavy atom. The van der Waals surface area contributed by atoms with Crippen LogP contribution in [-0.2, 0) is 9.59 Å². The Morgan fingerprint density at radius 3 is 2.59 bits per heavy atom. The van der Waals surface area contributed by atoms with Gasteiger partial charge in [-0.3, -0.25) is 14.6 Å². The number of rotatable bonds is 6. The number of piperidine rings is 1. The lowest BCUT2D eigenvalue weighted by molar-refractivity contribution is -0.154. The van der Waals surface area contributed by atoms with Crippen molar-refractivity contribution in [1.29, 1.82) is 0 Å². The van der Waals surface area contributed by atoms with Crippen LogP contribution in [0.15, 0.2) is 36.7 Å². The molecule has 3 N–H and O–H groups in total. The molecule has 154 valence electrons. The first-order chi connectivity index (χ1) is 13.7. The molecule has 8 heteroatoms. The van der Waals surface area contributed by atoms with Crippen molar-refractivity contribution in [3.63, 3.8) is 0 Å². The van der Waals surface area contributed by atoms with Crippen LogP contribution in [0.4, 0.5) is 5.69 Å². The third-order valence-electron chi connectivity index (χ3n) is 5.78. The highest BCUT2D eigenvalue weighted by Gasteiger charge is 2.43. The number of primary amides is 1. The van der Waals surface area contributed by atoms with Gasteiger partial charge in [-0.25, -0.2) is 0 Å². The summed E-state index contributed by atoms with van der Waals surface area (Å²) in [4.78, 5) is 29.7. The van der Waals surface area contributed by atoms with Gasteiger partial charge in [0.1, 0.15) is 0 Å². The molecule has 0 saturated carbocycles. The summed E-state index contributed by atoms with van der Waals surface area (Å²) >= 11 is 12.5. The molecule has 1 atom stereocenters. The van der Waals surface area contributed by atoms with Crippen molar-refractivity contribution in [2.75, 3.05) is 18.0 Å². The van der Waals surface area contributed by atoms with Crippen molar-refractivity contribution in [3.8, 4) is 11.1 Å². The molecule has 1 saturated heterocycles. The van der Waals surface area contributed by atoms with Gasteiger partial charge in [0.05, 0.1) is 27.3 Å². The lowest BCUT2D eigenvalue weighted by atomic mass is 9.70. The molecule has 6 nitrogen and oxygen atoms in total. The highest BCUT2D eigenvalue weighted by molar-refractivity contribution is 6.43. The normalized spacial score (nSPS) is 17.0. The minimum Gasteiger partial charge on any atom is -0.481 e. The number of hydrogen-bond donors (Lipinski definition) is 2. The van der Waals surface area contributed by atoms with Gasteiger partial charge >= 0.3 is 5.97 Å². The molecule has 3 rings (SSSR count). The van der Waals surface area contributed by atoms with Crippen molar-refractivity contribution < 1.29 is 14.7 Å². The molecule has 0 aliphatic carbocycles. The van der Waals surface area contributed by atoms with E-state index in [0.717, 1.165) is 16.8 Å². The summed E-state index contributed by atoms with van der Waals surface area (Å²) in [6.07, 6.45) is 4.66. The number of anilines is 1. The van der Waals surface area contributed by atoms with Crippen molar-refractivity contribution in [1.82, 2.24) is 4.98 Å². The predicted molar refractivity (Wildman–Crippen MR) is 114 cm³/mol. The van der Waals surface area contributed by atoms with E-state index in [2.05, 4.69) is 9.88 Å². The number of carbonyl (C=O) groups excluding carboxylic acids is 1. The van der Waals surface area contributed by atoms with Crippen LogP contribution in [0.1, 0.15) is 26.2 Å². The van der Waals surface area contributed by atoms with Gasteiger partial charge in [0.2, 0.25) is 5.91 Å². The zero-order valence-electron chi connectivity index (χ0n) is 16.1. The fraction of sp³-hybridized carbons (Fsp3) is 0.381. The van der Waals surface area contributed by atoms with Crippen molar-refractivity contribution >= 4 is 40.8 Å². The lowest BCUT2D eigenvalue weighted by Gasteiger charge is -2.40. The Kier molecular flexibility index (Phi) is 6.34. The Hall–Kier alpha value is -2.31. The SMILES string of the molecule is CC(CC(N)=O)(C(=O)O)C1CCN(c2cncc(-c3cccc(Cl)c3Cl)c2)CC1. The Morgan fingerprint density at radius 2 is 1.97 bits per heavy atom. The third kappa shape index (κ3) is 4.49. The minimum absolute atomic E-state index is 0.123. The number of carboxylic acid groups (broad SMARTS) is 1. The summed E-state index contributed by atoms with van der Waals surface area (Å²) in [5.41, 5.74) is 6.75. The molecule has 2 heterocycles. The average Bonchev–Trinajstić information content (AvgIpc) is 2.69. The molecule has 1 aromatic carbocycles. The predicted octanol–water partition coefficient (Wildman–Crippen LogP) is 4.24. The zero-order valence-corrected chi connectivity index (χ0v) is 17.6. The molecule has 1 aromatic heterocycles. The molecular formula is C21H23Cl2N3O3. The van der Waals surface area contributed by atoms with Crippen molar-refractivity contribution in [3.05, 3.63) is 46.7 Å². The molecule has 1 unspecified atom stereocenters. The maximum absolute atomic E-state index is 11.8. The summed E-state index contributed by atoms with van der Waals surface area (Å²) in [5, 5.41) is 10.6. The smallest absolute Gasteiger partial charge is 0.310 e. The zero-order chi connectivity index (χ0) is 21.2. The van der Waals surface area contributed by atoms with E-state index in [4.69, 9.17) is 28.9 Å². The maximum atomic E-state index is 11.8. The average molecular weight is 436 g/mol. The number of aliphatic carboxylic acids is 1. The van der Waals surface area contributed by atoms with Gasteiger partial charge in [-0.1, -0.05) is 35.3 Å². The van der Waals surface area contributed by atoms with Gasteiger partial charge < -0.3 is 15.7 Å². The van der Waals surface area contributed by atoms with Crippen LogP contribution in [0.25, 0.3) is 11.1 Å². The Balaban J connectivity index is 1.77. The topological polar surface area (TPSA) is 96.5 Å². The monoisotopic (exact) mass is 435 g/mol. The maximum Gasteiger partial charge on any atom is 0.310 e. The second kappa shape index (κ2) is 8.59. The first-order valence-corrected chi connectivity index (χ1v) is 10.1. The summed E-state index contributed by atoms with van der Waals surface area (Å²) in [5.74, 6) is -1.69. The quantitative estimate of drug-likeness (QED) is 0.706. The van der Waals surface area contributed by atoms with Crippen LogP contribution in [0, 0.1) is 11.3 Å². The number of carbonyl (C=O) groups is 2. The molecule has 29 heavy (non-hydrogen) atoms. The number of nitrogens with two attached hydrogens (primary N) is 1. The van der Waals surface area contributed by atoms with Crippen LogP contribution in [-0.4, -0.2) is 35.1 Å². The van der Waals surface area contributed by atoms with Crippen LogP contribution in [0.3, 0.4) is 0 Å². The summed E-state index contributed by atoms with van der Waals surface area (Å²) < 4.78 is 0. The van der Waals surface area contributed by atoms with Gasteiger partial charge in [0.25, 0.3) is 0 Å². The number of halogens is 2. The largest absolute Gasteiger partial charge is 0.481 e. The molecule has 1 aliphatic rings. The van der Waals surface area contributed by atoms with E-state index in [0.29, 0.717) is 36.0 Å². The third-order valence-corrected chi connectivity index (χ3v) is 6.60. The fourth-order valence-corrected chi connectivity index (χ4v) is 4.42. The lowest BCUT2D eigenvalue weighted by Crippen LogP contribution is -2.45. The first kappa shape index (κ1) is 21.4. The number of pyridine rings is 1. The van der Waals surface area contributed by atoms with E-state index in [1.807, 2.05) is 18.2 Å². The van der Waals surface area contributed by atoms with E-state index in [1.54, 1.807) is 25.4 Å². The van der Waals surface area contributed by atoms with E-state index in [9.17, 15) is 14.7 Å². The van der Waals surface area contributed by atoms with Crippen molar-refractivity contribution in [2.45, 2.75) is 26.2 Å². The molecule has 0 bridgehead atoms. The second-order valence-electron chi connectivity index (χ2n) is 7.66. The highest BCUT2D eigenvalue weighted by Crippen LogP contribution is 2.40. The highest BCUT2D eigenvalue weighted by atomic mass is 35.5. The molecular weight excluding hydrogens is 413 g/mol. The van der Waals surface area contributed by atoms with Crippen LogP contribution >= 0.6 is 23.2 Å². The van der Waals surface area contributed by atoms with Gasteiger partial charge in [0, 0.05) is 36.8 Å². The molecule has 0 spiro atoms. The Bertz CT molecular complexity index is 929. The van der Waals surface area contributed by atoms with Crippen LogP contribution < -0.4 is 10.6 Å². The molecule has 0 radical (unpaired) electrons. The van der Waals surface area contributed by atoms with E-state index in [1.165, 1.54) is 0 Å². The molecule has 2 aromatic rings. The summed E-state index contributed by atoms with van der Waals surface area (Å²) in [6.45, 7) is 2.95. The van der Waals surface area contributed by atoms with Crippen molar-refractivity contribution in [2.24, 2.45) is 17.1 Å². The van der Waals surface area contributed by atoms with Gasteiger partial charge in [-0.15, -0.1) is 0 Å². The van der Waals surface area contributed by atoms with Crippen LogP contribution in [0.5, 0.6) is 0 Å². The van der Waals surface area contributed by atoms with E-state index in [-0.39, 0.29) is 12.3 Å². The van der Waals surface area contributed by atoms with E-state index < -0.39 is 17.3 Å². The molecule has 1 amide bonds. The summed E-state index contributed by atoms with van der Waals surface area (Å²) in [6, 6.07) is 7.47. The van der Waals surface area contributed by atoms with Crippen LogP contribution in [0.2, 0.25) is 10.0 Å². The fourth-order valence-electron chi connectivity index (χ4n) is 4.01. The van der Waals surface area contributed by atoms with Gasteiger partial charge in [-0.2, -0.15) is 0 Å². The molecule has 1 fully saturated rings. The molecule has 1 aliphatic heterocycles. The number of hydrogen-bond acceptors (Lipinski definition) is 4. The minimum atomic E-state index is -1.15. The van der Waals surface area contributed by atoms with Gasteiger partial charge in [0.15, 0.2) is 0 Å². The number of benzene rings is 1. The standard InChI is InChI=1S/C21H23Cl2N3O3/c1-21(20(28)29,10-18(24)27)14-5-7-26(8-6-14)15-9-13(11-25-12-15)16-3-2-4-17(22)19(16)23/h2-4,9,11-12,14H,5-8,10H2,1H3,(H2,24,27)(H,28,29). The number of nitrogens with zero attached hydrogens (tertiary/aromatic N) is 2. The van der Waals surface area contributed by atoms with E-state index >= 15 is 0 Å². The number of aromatic nitrogens is 1. The summed E-state index contributed by atoms with van der Waals surface area (Å²) in [7, 11) is 0. The van der Waals surface area contributed by atoms with Gasteiger partial charge in [-0.05, 0) is 37.8 Å².